The number of piperazine rings is 1. The molecule has 0 spiro atoms. The van der Waals surface area contributed by atoms with E-state index in [0.29, 0.717) is 60.8 Å². The van der Waals surface area contributed by atoms with Gasteiger partial charge in [-0.05, 0) is 36.4 Å². The fourth-order valence-corrected chi connectivity index (χ4v) is 3.39. The summed E-state index contributed by atoms with van der Waals surface area (Å²) in [5.41, 5.74) is 0.703. The molecule has 0 aliphatic carbocycles. The van der Waals surface area contributed by atoms with Crippen LogP contribution in [-0.4, -0.2) is 58.7 Å². The van der Waals surface area contributed by atoms with Gasteiger partial charge >= 0.3 is 0 Å². The number of ether oxygens (including phenoxy) is 1. The Kier molecular flexibility index (Phi) is 6.25. The number of hydrogen-bond donors (Lipinski definition) is 0. The zero-order valence-corrected chi connectivity index (χ0v) is 16.9. The molecule has 1 saturated heterocycles. The second kappa shape index (κ2) is 9.23. The highest BCUT2D eigenvalue weighted by Crippen LogP contribution is 2.26. The molecule has 30 heavy (non-hydrogen) atoms. The number of nitrogens with zero attached hydrogens (tertiary/aromatic N) is 4. The predicted octanol–water partition coefficient (Wildman–Crippen LogP) is 3.25. The molecule has 2 aromatic carbocycles. The molecule has 1 aromatic heterocycles. The van der Waals surface area contributed by atoms with E-state index >= 15 is 0 Å². The monoisotopic (exact) mass is 430 g/mol. The lowest BCUT2D eigenvalue weighted by atomic mass is 10.2. The molecule has 0 N–H and O–H groups in total. The van der Waals surface area contributed by atoms with Crippen LogP contribution in [0.4, 0.5) is 4.39 Å². The summed E-state index contributed by atoms with van der Waals surface area (Å²) in [7, 11) is 0. The van der Waals surface area contributed by atoms with Gasteiger partial charge in [0.1, 0.15) is 11.6 Å². The van der Waals surface area contributed by atoms with E-state index in [1.165, 1.54) is 24.3 Å². The Balaban J connectivity index is 1.25. The van der Waals surface area contributed by atoms with E-state index in [1.807, 2.05) is 18.2 Å². The number of rotatable bonds is 6. The summed E-state index contributed by atoms with van der Waals surface area (Å²) in [5, 5.41) is 8.75. The largest absolute Gasteiger partial charge is 0.484 e. The molecule has 4 rings (SSSR count). The van der Waals surface area contributed by atoms with Crippen molar-refractivity contribution >= 4 is 17.5 Å². The quantitative estimate of drug-likeness (QED) is 0.597. The van der Waals surface area contributed by atoms with Crippen LogP contribution in [0.5, 0.6) is 5.75 Å². The van der Waals surface area contributed by atoms with Gasteiger partial charge in [-0.25, -0.2) is 4.39 Å². The average Bonchev–Trinajstić information content (AvgIpc) is 3.22. The summed E-state index contributed by atoms with van der Waals surface area (Å²) in [6, 6.07) is 12.9. The molecule has 1 aliphatic heterocycles. The van der Waals surface area contributed by atoms with Crippen molar-refractivity contribution in [3.05, 3.63) is 65.3 Å². The molecule has 9 heteroatoms. The van der Waals surface area contributed by atoms with Crippen LogP contribution in [0.2, 0.25) is 5.02 Å². The number of aromatic nitrogens is 2. The summed E-state index contributed by atoms with van der Waals surface area (Å²) < 4.78 is 24.1. The van der Waals surface area contributed by atoms with Gasteiger partial charge in [-0.2, -0.15) is 0 Å². The highest BCUT2D eigenvalue weighted by Gasteiger charge is 2.23. The zero-order chi connectivity index (χ0) is 20.9. The first-order valence-electron chi connectivity index (χ1n) is 9.54. The summed E-state index contributed by atoms with van der Waals surface area (Å²) in [4.78, 5) is 16.3. The van der Waals surface area contributed by atoms with Gasteiger partial charge in [0.25, 0.3) is 5.91 Å². The Morgan fingerprint density at radius 2 is 1.80 bits per heavy atom. The van der Waals surface area contributed by atoms with E-state index < -0.39 is 0 Å². The molecule has 2 heterocycles. The van der Waals surface area contributed by atoms with Crippen molar-refractivity contribution in [2.75, 3.05) is 32.8 Å². The third-order valence-corrected chi connectivity index (χ3v) is 5.16. The second-order valence-electron chi connectivity index (χ2n) is 6.88. The van der Waals surface area contributed by atoms with Gasteiger partial charge < -0.3 is 14.1 Å². The summed E-state index contributed by atoms with van der Waals surface area (Å²) in [5.74, 6) is 0.920. The van der Waals surface area contributed by atoms with Crippen molar-refractivity contribution in [1.82, 2.24) is 20.0 Å². The van der Waals surface area contributed by atoms with E-state index in [4.69, 9.17) is 20.8 Å². The van der Waals surface area contributed by atoms with Crippen molar-refractivity contribution in [2.45, 2.75) is 6.54 Å². The van der Waals surface area contributed by atoms with Crippen molar-refractivity contribution in [2.24, 2.45) is 0 Å². The molecule has 1 aliphatic rings. The Labute approximate surface area is 178 Å². The molecule has 0 bridgehead atoms. The Morgan fingerprint density at radius 1 is 1.07 bits per heavy atom. The lowest BCUT2D eigenvalue weighted by molar-refractivity contribution is -0.135. The minimum atomic E-state index is -0.343. The normalized spacial score (nSPS) is 14.7. The highest BCUT2D eigenvalue weighted by atomic mass is 35.5. The van der Waals surface area contributed by atoms with Gasteiger partial charge in [-0.15, -0.1) is 10.2 Å². The number of hydrogen-bond acceptors (Lipinski definition) is 6. The third kappa shape index (κ3) is 4.95. The first kappa shape index (κ1) is 20.3. The van der Waals surface area contributed by atoms with Crippen LogP contribution in [-0.2, 0) is 11.3 Å². The van der Waals surface area contributed by atoms with Gasteiger partial charge in [0.2, 0.25) is 11.8 Å². The van der Waals surface area contributed by atoms with Crippen LogP contribution < -0.4 is 4.74 Å². The maximum atomic E-state index is 12.9. The minimum absolute atomic E-state index is 0.0729. The number of carbonyl (C=O) groups is 1. The van der Waals surface area contributed by atoms with Gasteiger partial charge in [0, 0.05) is 26.2 Å². The van der Waals surface area contributed by atoms with E-state index in [2.05, 4.69) is 15.1 Å². The zero-order valence-electron chi connectivity index (χ0n) is 16.1. The number of amides is 1. The number of carbonyl (C=O) groups excluding carboxylic acids is 1. The van der Waals surface area contributed by atoms with E-state index in [-0.39, 0.29) is 18.3 Å². The molecule has 7 nitrogen and oxygen atoms in total. The number of benzene rings is 2. The lowest BCUT2D eigenvalue weighted by Gasteiger charge is -2.33. The SMILES string of the molecule is O=C(COc1ccc(F)cc1)N1CCN(Cc2nnc(-c3ccccc3Cl)o2)CC1. The second-order valence-corrected chi connectivity index (χ2v) is 7.29. The van der Waals surface area contributed by atoms with Crippen molar-refractivity contribution in [1.29, 1.82) is 0 Å². The highest BCUT2D eigenvalue weighted by molar-refractivity contribution is 6.33. The van der Waals surface area contributed by atoms with Crippen LogP contribution in [0.25, 0.3) is 11.5 Å². The van der Waals surface area contributed by atoms with Crippen LogP contribution in [0.1, 0.15) is 5.89 Å². The maximum absolute atomic E-state index is 12.9. The average molecular weight is 431 g/mol. The fraction of sp³-hybridized carbons (Fsp3) is 0.286. The van der Waals surface area contributed by atoms with Crippen molar-refractivity contribution in [3.63, 3.8) is 0 Å². The molecule has 0 unspecified atom stereocenters. The minimum Gasteiger partial charge on any atom is -0.484 e. The predicted molar refractivity (Wildman–Crippen MR) is 108 cm³/mol. The fourth-order valence-electron chi connectivity index (χ4n) is 3.17. The Bertz CT molecular complexity index is 1000. The molecule has 0 atom stereocenters. The van der Waals surface area contributed by atoms with Crippen LogP contribution in [0, 0.1) is 5.82 Å². The Hall–Kier alpha value is -2.97. The summed E-state index contributed by atoms with van der Waals surface area (Å²) in [6.45, 7) is 2.97. The third-order valence-electron chi connectivity index (χ3n) is 4.83. The standard InChI is InChI=1S/C21H20ClFN4O3/c22-18-4-2-1-3-17(18)21-25-24-19(30-21)13-26-9-11-27(12-10-26)20(28)14-29-16-7-5-15(23)6-8-16/h1-8H,9-14H2. The van der Waals surface area contributed by atoms with Gasteiger partial charge in [0.05, 0.1) is 17.1 Å². The molecular weight excluding hydrogens is 411 g/mol. The van der Waals surface area contributed by atoms with Crippen LogP contribution in [0.3, 0.4) is 0 Å². The maximum Gasteiger partial charge on any atom is 0.260 e. The Morgan fingerprint density at radius 3 is 2.53 bits per heavy atom. The smallest absolute Gasteiger partial charge is 0.260 e. The van der Waals surface area contributed by atoms with Crippen LogP contribution >= 0.6 is 11.6 Å². The lowest BCUT2D eigenvalue weighted by Crippen LogP contribution is -2.49. The van der Waals surface area contributed by atoms with E-state index in [0.717, 1.165) is 0 Å². The van der Waals surface area contributed by atoms with Gasteiger partial charge in [0.15, 0.2) is 6.61 Å². The van der Waals surface area contributed by atoms with Crippen molar-refractivity contribution in [3.8, 4) is 17.2 Å². The molecule has 1 amide bonds. The molecular formula is C21H20ClFN4O3. The number of halogens is 2. The first-order chi connectivity index (χ1) is 14.6. The topological polar surface area (TPSA) is 71.7 Å². The van der Waals surface area contributed by atoms with E-state index in [1.54, 1.807) is 11.0 Å². The summed E-state index contributed by atoms with van der Waals surface area (Å²) >= 11 is 6.17. The molecule has 156 valence electrons. The van der Waals surface area contributed by atoms with Gasteiger partial charge in [-0.3, -0.25) is 9.69 Å². The molecule has 3 aromatic rings. The molecule has 0 saturated carbocycles. The van der Waals surface area contributed by atoms with E-state index in [9.17, 15) is 9.18 Å². The van der Waals surface area contributed by atoms with Crippen LogP contribution in [0.15, 0.2) is 52.9 Å². The molecule has 1 fully saturated rings. The molecule has 0 radical (unpaired) electrons. The van der Waals surface area contributed by atoms with Crippen molar-refractivity contribution < 1.29 is 18.3 Å². The first-order valence-corrected chi connectivity index (χ1v) is 9.92. The summed E-state index contributed by atoms with van der Waals surface area (Å²) in [6.07, 6.45) is 0. The van der Waals surface area contributed by atoms with Gasteiger partial charge in [-0.1, -0.05) is 23.7 Å².